The Hall–Kier alpha value is -1.64. The van der Waals surface area contributed by atoms with E-state index in [1.165, 1.54) is 20.1 Å². The van der Waals surface area contributed by atoms with Crippen LogP contribution in [0.2, 0.25) is 0 Å². The van der Waals surface area contributed by atoms with Gasteiger partial charge in [0.05, 0.1) is 7.11 Å². The number of aryl methyl sites for hydroxylation is 1. The number of carbonyl (C=O) groups excluding carboxylic acids is 1. The standard InChI is InChI=1S/C14H17FO2/c1-14(15,11-9-13(16)17-2)10-8-12-6-4-3-5-7-12/h3-7,9,11H,8,10H2,1-2H3/b11-9+. The molecule has 0 amide bonds. The minimum Gasteiger partial charge on any atom is -0.466 e. The van der Waals surface area contributed by atoms with Crippen molar-refractivity contribution < 1.29 is 13.9 Å². The summed E-state index contributed by atoms with van der Waals surface area (Å²) in [5.74, 6) is -0.534. The maximum Gasteiger partial charge on any atom is 0.330 e. The first-order valence-electron chi connectivity index (χ1n) is 5.53. The number of benzene rings is 1. The average Bonchev–Trinajstić information content (AvgIpc) is 2.35. The van der Waals surface area contributed by atoms with Crippen molar-refractivity contribution in [2.45, 2.75) is 25.4 Å². The zero-order chi connectivity index (χ0) is 12.7. The molecular weight excluding hydrogens is 219 g/mol. The van der Waals surface area contributed by atoms with E-state index in [0.29, 0.717) is 12.8 Å². The first-order chi connectivity index (χ1) is 8.03. The summed E-state index contributed by atoms with van der Waals surface area (Å²) in [7, 11) is 1.27. The van der Waals surface area contributed by atoms with Crippen molar-refractivity contribution in [2.24, 2.45) is 0 Å². The Balaban J connectivity index is 2.50. The lowest BCUT2D eigenvalue weighted by molar-refractivity contribution is -0.134. The molecule has 92 valence electrons. The van der Waals surface area contributed by atoms with Gasteiger partial charge < -0.3 is 4.74 Å². The van der Waals surface area contributed by atoms with Crippen LogP contribution in [0.4, 0.5) is 4.39 Å². The largest absolute Gasteiger partial charge is 0.466 e. The van der Waals surface area contributed by atoms with E-state index in [2.05, 4.69) is 4.74 Å². The van der Waals surface area contributed by atoms with Crippen molar-refractivity contribution in [3.05, 3.63) is 48.0 Å². The number of hydrogen-bond acceptors (Lipinski definition) is 2. The van der Waals surface area contributed by atoms with E-state index in [9.17, 15) is 9.18 Å². The molecule has 1 aromatic carbocycles. The number of hydrogen-bond donors (Lipinski definition) is 0. The minimum atomic E-state index is -1.50. The smallest absolute Gasteiger partial charge is 0.330 e. The monoisotopic (exact) mass is 236 g/mol. The maximum atomic E-state index is 14.0. The highest BCUT2D eigenvalue weighted by atomic mass is 19.1. The molecule has 1 rings (SSSR count). The molecule has 1 unspecified atom stereocenters. The molecular formula is C14H17FO2. The SMILES string of the molecule is COC(=O)/C=C/C(C)(F)CCc1ccccc1. The highest BCUT2D eigenvalue weighted by molar-refractivity contribution is 5.81. The van der Waals surface area contributed by atoms with Gasteiger partial charge in [-0.2, -0.15) is 0 Å². The normalized spacial score (nSPS) is 14.5. The summed E-state index contributed by atoms with van der Waals surface area (Å²) in [6.07, 6.45) is 3.36. The zero-order valence-electron chi connectivity index (χ0n) is 10.2. The molecule has 0 aliphatic rings. The molecule has 2 nitrogen and oxygen atoms in total. The molecule has 0 bridgehead atoms. The third-order valence-corrected chi connectivity index (χ3v) is 2.51. The summed E-state index contributed by atoms with van der Waals surface area (Å²) < 4.78 is 18.4. The summed E-state index contributed by atoms with van der Waals surface area (Å²) in [5.41, 5.74) is -0.410. The Kier molecular flexibility index (Phi) is 4.88. The Labute approximate surface area is 101 Å². The molecule has 0 saturated heterocycles. The second-order valence-electron chi connectivity index (χ2n) is 4.12. The quantitative estimate of drug-likeness (QED) is 0.580. The van der Waals surface area contributed by atoms with Crippen molar-refractivity contribution in [3.63, 3.8) is 0 Å². The number of rotatable bonds is 5. The molecule has 0 aliphatic heterocycles. The molecule has 1 atom stereocenters. The van der Waals surface area contributed by atoms with Gasteiger partial charge in [-0.3, -0.25) is 0 Å². The Morgan fingerprint density at radius 2 is 2.06 bits per heavy atom. The number of allylic oxidation sites excluding steroid dienone is 1. The number of carbonyl (C=O) groups is 1. The van der Waals surface area contributed by atoms with Gasteiger partial charge in [-0.25, -0.2) is 9.18 Å². The topological polar surface area (TPSA) is 26.3 Å². The first-order valence-corrected chi connectivity index (χ1v) is 5.53. The van der Waals surface area contributed by atoms with E-state index in [1.807, 2.05) is 30.3 Å². The van der Waals surface area contributed by atoms with Gasteiger partial charge in [-0.05, 0) is 31.4 Å². The van der Waals surface area contributed by atoms with Crippen LogP contribution in [0, 0.1) is 0 Å². The third kappa shape index (κ3) is 5.29. The Morgan fingerprint density at radius 3 is 2.65 bits per heavy atom. The molecule has 0 spiro atoms. The van der Waals surface area contributed by atoms with Gasteiger partial charge in [-0.15, -0.1) is 0 Å². The molecule has 0 fully saturated rings. The zero-order valence-corrected chi connectivity index (χ0v) is 10.2. The van der Waals surface area contributed by atoms with Crippen molar-refractivity contribution in [3.8, 4) is 0 Å². The third-order valence-electron chi connectivity index (χ3n) is 2.51. The van der Waals surface area contributed by atoms with Crippen LogP contribution >= 0.6 is 0 Å². The second kappa shape index (κ2) is 6.18. The van der Waals surface area contributed by atoms with Crippen molar-refractivity contribution in [1.82, 2.24) is 0 Å². The highest BCUT2D eigenvalue weighted by Crippen LogP contribution is 2.20. The van der Waals surface area contributed by atoms with Crippen LogP contribution in [0.5, 0.6) is 0 Å². The van der Waals surface area contributed by atoms with E-state index in [0.717, 1.165) is 11.6 Å². The highest BCUT2D eigenvalue weighted by Gasteiger charge is 2.19. The molecule has 3 heteroatoms. The predicted molar refractivity (Wildman–Crippen MR) is 65.4 cm³/mol. The van der Waals surface area contributed by atoms with E-state index >= 15 is 0 Å². The van der Waals surface area contributed by atoms with Crippen molar-refractivity contribution in [2.75, 3.05) is 7.11 Å². The maximum absolute atomic E-state index is 14.0. The van der Waals surface area contributed by atoms with Crippen LogP contribution in [-0.2, 0) is 16.0 Å². The van der Waals surface area contributed by atoms with Crippen LogP contribution < -0.4 is 0 Å². The summed E-state index contributed by atoms with van der Waals surface area (Å²) in [4.78, 5) is 10.9. The summed E-state index contributed by atoms with van der Waals surface area (Å²) in [6.45, 7) is 1.45. The van der Waals surface area contributed by atoms with Gasteiger partial charge in [-0.1, -0.05) is 30.3 Å². The van der Waals surface area contributed by atoms with Gasteiger partial charge in [0.15, 0.2) is 0 Å². The molecule has 1 aromatic rings. The lowest BCUT2D eigenvalue weighted by Gasteiger charge is -2.15. The fourth-order valence-corrected chi connectivity index (χ4v) is 1.43. The summed E-state index contributed by atoms with van der Waals surface area (Å²) in [6, 6.07) is 9.69. The number of alkyl halides is 1. The van der Waals surface area contributed by atoms with Gasteiger partial charge in [0.25, 0.3) is 0 Å². The van der Waals surface area contributed by atoms with E-state index in [-0.39, 0.29) is 0 Å². The van der Waals surface area contributed by atoms with Crippen molar-refractivity contribution in [1.29, 1.82) is 0 Å². The van der Waals surface area contributed by atoms with Gasteiger partial charge in [0.1, 0.15) is 5.67 Å². The lowest BCUT2D eigenvalue weighted by Crippen LogP contribution is -2.16. The number of esters is 1. The second-order valence-corrected chi connectivity index (χ2v) is 4.12. The molecule has 0 radical (unpaired) electrons. The molecule has 0 aromatic heterocycles. The number of ether oxygens (including phenoxy) is 1. The molecule has 0 N–H and O–H groups in total. The molecule has 0 heterocycles. The average molecular weight is 236 g/mol. The summed E-state index contributed by atoms with van der Waals surface area (Å²) in [5, 5.41) is 0. The molecule has 17 heavy (non-hydrogen) atoms. The molecule has 0 saturated carbocycles. The van der Waals surface area contributed by atoms with Crippen molar-refractivity contribution >= 4 is 5.97 Å². The first kappa shape index (κ1) is 13.4. The number of methoxy groups -OCH3 is 1. The minimum absolute atomic E-state index is 0.338. The van der Waals surface area contributed by atoms with Gasteiger partial charge in [0, 0.05) is 6.08 Å². The van der Waals surface area contributed by atoms with Gasteiger partial charge >= 0.3 is 5.97 Å². The van der Waals surface area contributed by atoms with E-state index in [1.54, 1.807) is 0 Å². The predicted octanol–water partition coefficient (Wildman–Crippen LogP) is 3.08. The van der Waals surface area contributed by atoms with Crippen LogP contribution in [-0.4, -0.2) is 18.7 Å². The Bertz CT molecular complexity index is 382. The number of halogens is 1. The lowest BCUT2D eigenvalue weighted by atomic mass is 9.98. The van der Waals surface area contributed by atoms with E-state index < -0.39 is 11.6 Å². The Morgan fingerprint density at radius 1 is 1.41 bits per heavy atom. The van der Waals surface area contributed by atoms with Crippen LogP contribution in [0.15, 0.2) is 42.5 Å². The molecule has 0 aliphatic carbocycles. The van der Waals surface area contributed by atoms with Crippen LogP contribution in [0.25, 0.3) is 0 Å². The van der Waals surface area contributed by atoms with Crippen LogP contribution in [0.1, 0.15) is 18.9 Å². The van der Waals surface area contributed by atoms with E-state index in [4.69, 9.17) is 0 Å². The fraction of sp³-hybridized carbons (Fsp3) is 0.357. The van der Waals surface area contributed by atoms with Gasteiger partial charge in [0.2, 0.25) is 0 Å². The fourth-order valence-electron chi connectivity index (χ4n) is 1.43. The summed E-state index contributed by atoms with van der Waals surface area (Å²) >= 11 is 0. The van der Waals surface area contributed by atoms with Crippen LogP contribution in [0.3, 0.4) is 0 Å².